The average Bonchev–Trinajstić information content (AvgIpc) is 2.02. The van der Waals surface area contributed by atoms with E-state index in [9.17, 15) is 8.42 Å². The summed E-state index contributed by atoms with van der Waals surface area (Å²) in [6.07, 6.45) is 0. The third-order valence-electron chi connectivity index (χ3n) is 1.45. The van der Waals surface area contributed by atoms with Crippen LogP contribution in [0.25, 0.3) is 0 Å². The van der Waals surface area contributed by atoms with Crippen molar-refractivity contribution >= 4 is 21.6 Å². The molecule has 4 nitrogen and oxygen atoms in total. The third kappa shape index (κ3) is 2.12. The van der Waals surface area contributed by atoms with E-state index in [4.69, 9.17) is 21.5 Å². The van der Waals surface area contributed by atoms with Crippen molar-refractivity contribution in [1.82, 2.24) is 0 Å². The first-order valence-corrected chi connectivity index (χ1v) is 5.24. The van der Waals surface area contributed by atoms with Gasteiger partial charge in [-0.1, -0.05) is 17.7 Å². The molecule has 0 aliphatic carbocycles. The molecule has 0 radical (unpaired) electrons. The number of halogens is 1. The van der Waals surface area contributed by atoms with Crippen molar-refractivity contribution < 1.29 is 13.2 Å². The summed E-state index contributed by atoms with van der Waals surface area (Å²) in [6.45, 7) is 0. The number of primary sulfonamides is 1. The number of benzene rings is 1. The number of ether oxygens (including phenoxy) is 1. The van der Waals surface area contributed by atoms with Crippen molar-refractivity contribution in [2.24, 2.45) is 5.14 Å². The fourth-order valence-corrected chi connectivity index (χ4v) is 2.01. The van der Waals surface area contributed by atoms with Gasteiger partial charge in [-0.25, -0.2) is 13.6 Å². The molecule has 1 aromatic carbocycles. The van der Waals surface area contributed by atoms with Gasteiger partial charge in [-0.3, -0.25) is 0 Å². The highest BCUT2D eigenvalue weighted by Crippen LogP contribution is 2.29. The second-order valence-corrected chi connectivity index (χ2v) is 4.23. The molecule has 0 amide bonds. The van der Waals surface area contributed by atoms with Crippen LogP contribution in [0.2, 0.25) is 5.02 Å². The zero-order valence-electron chi connectivity index (χ0n) is 6.82. The standard InChI is InChI=1S/C7H8ClNO3S/c1-12-5-3-2-4-6(7(5)8)13(9,10)11/h2-4H,1H3,(H2,9,10,11). The van der Waals surface area contributed by atoms with Gasteiger partial charge in [0.25, 0.3) is 0 Å². The molecule has 2 N–H and O–H groups in total. The molecule has 0 aromatic heterocycles. The molecule has 0 saturated heterocycles. The summed E-state index contributed by atoms with van der Waals surface area (Å²) in [5.41, 5.74) is 0. The molecule has 0 fully saturated rings. The van der Waals surface area contributed by atoms with Gasteiger partial charge < -0.3 is 4.74 Å². The van der Waals surface area contributed by atoms with E-state index >= 15 is 0 Å². The van der Waals surface area contributed by atoms with Crippen LogP contribution < -0.4 is 9.88 Å². The maximum Gasteiger partial charge on any atom is 0.239 e. The van der Waals surface area contributed by atoms with Gasteiger partial charge in [0.05, 0.1) is 7.11 Å². The zero-order valence-corrected chi connectivity index (χ0v) is 8.39. The van der Waals surface area contributed by atoms with Crippen LogP contribution in [-0.4, -0.2) is 15.5 Å². The van der Waals surface area contributed by atoms with Gasteiger partial charge in [0, 0.05) is 0 Å². The number of rotatable bonds is 2. The topological polar surface area (TPSA) is 69.4 Å². The van der Waals surface area contributed by atoms with Crippen LogP contribution in [-0.2, 0) is 10.0 Å². The number of sulfonamides is 1. The Morgan fingerprint density at radius 3 is 2.54 bits per heavy atom. The molecule has 0 aliphatic heterocycles. The molecule has 0 heterocycles. The Balaban J connectivity index is 3.41. The van der Waals surface area contributed by atoms with Gasteiger partial charge in [-0.2, -0.15) is 0 Å². The van der Waals surface area contributed by atoms with Gasteiger partial charge in [0.2, 0.25) is 10.0 Å². The number of methoxy groups -OCH3 is 1. The van der Waals surface area contributed by atoms with Gasteiger partial charge in [0.15, 0.2) is 0 Å². The Morgan fingerprint density at radius 2 is 2.08 bits per heavy atom. The second kappa shape index (κ2) is 3.53. The van der Waals surface area contributed by atoms with E-state index in [1.54, 1.807) is 6.07 Å². The van der Waals surface area contributed by atoms with Gasteiger partial charge in [-0.05, 0) is 12.1 Å². The highest BCUT2D eigenvalue weighted by molar-refractivity contribution is 7.89. The molecule has 1 rings (SSSR count). The molecule has 6 heteroatoms. The van der Waals surface area contributed by atoms with Crippen LogP contribution in [0.5, 0.6) is 5.75 Å². The maximum absolute atomic E-state index is 11.0. The van der Waals surface area contributed by atoms with E-state index in [2.05, 4.69) is 0 Å². The van der Waals surface area contributed by atoms with Gasteiger partial charge >= 0.3 is 0 Å². The van der Waals surface area contributed by atoms with E-state index in [0.29, 0.717) is 0 Å². The maximum atomic E-state index is 11.0. The first kappa shape index (κ1) is 10.3. The Bertz CT molecular complexity index is 416. The molecule has 0 saturated carbocycles. The molecular formula is C7H8ClNO3S. The molecule has 0 unspecified atom stereocenters. The summed E-state index contributed by atoms with van der Waals surface area (Å²) in [7, 11) is -2.38. The molecule has 0 atom stereocenters. The Morgan fingerprint density at radius 1 is 1.46 bits per heavy atom. The summed E-state index contributed by atoms with van der Waals surface area (Å²) in [4.78, 5) is -0.131. The normalized spacial score (nSPS) is 11.3. The summed E-state index contributed by atoms with van der Waals surface area (Å²) in [5, 5.41) is 4.92. The average molecular weight is 222 g/mol. The van der Waals surface area contributed by atoms with E-state index < -0.39 is 10.0 Å². The summed E-state index contributed by atoms with van der Waals surface area (Å²) in [6, 6.07) is 4.38. The lowest BCUT2D eigenvalue weighted by atomic mass is 10.3. The first-order chi connectivity index (χ1) is 5.96. The van der Waals surface area contributed by atoms with E-state index in [0.717, 1.165) is 0 Å². The van der Waals surface area contributed by atoms with Crippen LogP contribution in [0.4, 0.5) is 0 Å². The molecule has 0 aliphatic rings. The molecule has 0 bridgehead atoms. The van der Waals surface area contributed by atoms with Crippen LogP contribution >= 0.6 is 11.6 Å². The lowest BCUT2D eigenvalue weighted by Gasteiger charge is -2.05. The smallest absolute Gasteiger partial charge is 0.239 e. The second-order valence-electron chi connectivity index (χ2n) is 2.32. The minimum Gasteiger partial charge on any atom is -0.495 e. The minimum atomic E-state index is -3.78. The van der Waals surface area contributed by atoms with Gasteiger partial charge in [0.1, 0.15) is 15.7 Å². The lowest BCUT2D eigenvalue weighted by molar-refractivity contribution is 0.413. The summed E-state index contributed by atoms with van der Waals surface area (Å²) in [5.74, 6) is 0.285. The molecule has 13 heavy (non-hydrogen) atoms. The van der Waals surface area contributed by atoms with E-state index in [1.807, 2.05) is 0 Å². The first-order valence-electron chi connectivity index (χ1n) is 3.32. The number of hydrogen-bond acceptors (Lipinski definition) is 3. The van der Waals surface area contributed by atoms with Crippen LogP contribution in [0.1, 0.15) is 0 Å². The van der Waals surface area contributed by atoms with E-state index in [1.165, 1.54) is 19.2 Å². The predicted octanol–water partition coefficient (Wildman–Crippen LogP) is 0.996. The van der Waals surface area contributed by atoms with Crippen molar-refractivity contribution in [2.45, 2.75) is 4.90 Å². The van der Waals surface area contributed by atoms with Crippen LogP contribution in [0.15, 0.2) is 23.1 Å². The molecule has 1 aromatic rings. The summed E-state index contributed by atoms with van der Waals surface area (Å²) < 4.78 is 26.7. The van der Waals surface area contributed by atoms with Crippen molar-refractivity contribution in [3.8, 4) is 5.75 Å². The van der Waals surface area contributed by atoms with E-state index in [-0.39, 0.29) is 15.7 Å². The number of nitrogens with two attached hydrogens (primary N) is 1. The van der Waals surface area contributed by atoms with Crippen LogP contribution in [0, 0.1) is 0 Å². The van der Waals surface area contributed by atoms with Crippen molar-refractivity contribution in [2.75, 3.05) is 7.11 Å². The fraction of sp³-hybridized carbons (Fsp3) is 0.143. The van der Waals surface area contributed by atoms with Crippen molar-refractivity contribution in [3.63, 3.8) is 0 Å². The lowest BCUT2D eigenvalue weighted by Crippen LogP contribution is -2.12. The molecular weight excluding hydrogens is 214 g/mol. The van der Waals surface area contributed by atoms with Crippen molar-refractivity contribution in [1.29, 1.82) is 0 Å². The fourth-order valence-electron chi connectivity index (χ4n) is 0.868. The number of hydrogen-bond donors (Lipinski definition) is 1. The SMILES string of the molecule is COc1cccc(S(N)(=O)=O)c1Cl. The Kier molecular flexibility index (Phi) is 2.80. The van der Waals surface area contributed by atoms with Crippen molar-refractivity contribution in [3.05, 3.63) is 23.2 Å². The monoisotopic (exact) mass is 221 g/mol. The summed E-state index contributed by atoms with van der Waals surface area (Å²) >= 11 is 5.71. The van der Waals surface area contributed by atoms with Crippen LogP contribution in [0.3, 0.4) is 0 Å². The Labute approximate surface area is 81.3 Å². The molecule has 72 valence electrons. The quantitative estimate of drug-likeness (QED) is 0.810. The highest BCUT2D eigenvalue weighted by Gasteiger charge is 2.15. The molecule has 0 spiro atoms. The highest BCUT2D eigenvalue weighted by atomic mass is 35.5. The zero-order chi connectivity index (χ0) is 10.1. The largest absolute Gasteiger partial charge is 0.495 e. The Hall–Kier alpha value is -0.780. The minimum absolute atomic E-state index is 0.00694. The predicted molar refractivity (Wildman–Crippen MR) is 49.4 cm³/mol. The van der Waals surface area contributed by atoms with Gasteiger partial charge in [-0.15, -0.1) is 0 Å². The third-order valence-corrected chi connectivity index (χ3v) is 2.91.